The van der Waals surface area contributed by atoms with Gasteiger partial charge in [0, 0.05) is 6.54 Å². The first kappa shape index (κ1) is 10.9. The standard InChI is InChI=1S/C9H12N2O2S/c1-2-13-9(12)7-6-11-8(14-7)4-3-5-10/h3-4,6H,2,5,10H2,1H3. The van der Waals surface area contributed by atoms with E-state index >= 15 is 0 Å². The molecule has 0 spiro atoms. The lowest BCUT2D eigenvalue weighted by atomic mass is 10.5. The van der Waals surface area contributed by atoms with Gasteiger partial charge in [-0.2, -0.15) is 0 Å². The van der Waals surface area contributed by atoms with Gasteiger partial charge >= 0.3 is 5.97 Å². The maximum Gasteiger partial charge on any atom is 0.349 e. The molecule has 1 rings (SSSR count). The number of aromatic nitrogens is 1. The number of esters is 1. The summed E-state index contributed by atoms with van der Waals surface area (Å²) in [5, 5.41) is 0.763. The van der Waals surface area contributed by atoms with Crippen molar-refractivity contribution >= 4 is 23.4 Å². The van der Waals surface area contributed by atoms with Gasteiger partial charge in [-0.1, -0.05) is 6.08 Å². The van der Waals surface area contributed by atoms with Gasteiger partial charge in [-0.25, -0.2) is 9.78 Å². The molecule has 1 aromatic rings. The molecule has 2 N–H and O–H groups in total. The van der Waals surface area contributed by atoms with Crippen LogP contribution in [0.15, 0.2) is 12.3 Å². The molecule has 0 unspecified atom stereocenters. The van der Waals surface area contributed by atoms with Gasteiger partial charge in [0.2, 0.25) is 0 Å². The van der Waals surface area contributed by atoms with Crippen LogP contribution in [0.3, 0.4) is 0 Å². The number of hydrogen-bond donors (Lipinski definition) is 1. The summed E-state index contributed by atoms with van der Waals surface area (Å²) in [4.78, 5) is 15.8. The van der Waals surface area contributed by atoms with E-state index in [1.807, 2.05) is 0 Å². The van der Waals surface area contributed by atoms with Crippen LogP contribution in [0.25, 0.3) is 6.08 Å². The lowest BCUT2D eigenvalue weighted by molar-refractivity contribution is 0.0532. The average Bonchev–Trinajstić information content (AvgIpc) is 2.63. The van der Waals surface area contributed by atoms with Crippen molar-refractivity contribution in [2.45, 2.75) is 6.92 Å². The van der Waals surface area contributed by atoms with E-state index in [9.17, 15) is 4.79 Å². The van der Waals surface area contributed by atoms with Crippen molar-refractivity contribution in [3.63, 3.8) is 0 Å². The first-order valence-electron chi connectivity index (χ1n) is 4.27. The van der Waals surface area contributed by atoms with Gasteiger partial charge < -0.3 is 10.5 Å². The molecule has 0 radical (unpaired) electrons. The van der Waals surface area contributed by atoms with Crippen molar-refractivity contribution in [2.75, 3.05) is 13.2 Å². The third-order valence-electron chi connectivity index (χ3n) is 1.40. The van der Waals surface area contributed by atoms with Crippen molar-refractivity contribution < 1.29 is 9.53 Å². The molecule has 0 saturated carbocycles. The topological polar surface area (TPSA) is 65.2 Å². The Balaban J connectivity index is 2.67. The van der Waals surface area contributed by atoms with Crippen LogP contribution >= 0.6 is 11.3 Å². The van der Waals surface area contributed by atoms with Gasteiger partial charge in [0.25, 0.3) is 0 Å². The van der Waals surface area contributed by atoms with Crippen molar-refractivity contribution in [1.29, 1.82) is 0 Å². The lowest BCUT2D eigenvalue weighted by Gasteiger charge is -1.95. The number of rotatable bonds is 4. The summed E-state index contributed by atoms with van der Waals surface area (Å²) < 4.78 is 4.83. The number of carbonyl (C=O) groups excluding carboxylic acids is 1. The highest BCUT2D eigenvalue weighted by Crippen LogP contribution is 2.15. The molecule has 4 nitrogen and oxygen atoms in total. The highest BCUT2D eigenvalue weighted by molar-refractivity contribution is 7.14. The van der Waals surface area contributed by atoms with Gasteiger partial charge in [0.05, 0.1) is 12.8 Å². The van der Waals surface area contributed by atoms with E-state index < -0.39 is 0 Å². The van der Waals surface area contributed by atoms with Crippen LogP contribution in [0.1, 0.15) is 21.6 Å². The molecule has 76 valence electrons. The van der Waals surface area contributed by atoms with Crippen LogP contribution in [-0.4, -0.2) is 24.1 Å². The van der Waals surface area contributed by atoms with Crippen molar-refractivity contribution in [1.82, 2.24) is 4.98 Å². The second kappa shape index (κ2) is 5.51. The highest BCUT2D eigenvalue weighted by Gasteiger charge is 2.09. The fraction of sp³-hybridized carbons (Fsp3) is 0.333. The second-order valence-electron chi connectivity index (χ2n) is 2.42. The van der Waals surface area contributed by atoms with Crippen LogP contribution in [0, 0.1) is 0 Å². The zero-order chi connectivity index (χ0) is 10.4. The predicted molar refractivity (Wildman–Crippen MR) is 56.2 cm³/mol. The second-order valence-corrected chi connectivity index (χ2v) is 3.48. The summed E-state index contributed by atoms with van der Waals surface area (Å²) in [6.07, 6.45) is 5.08. The van der Waals surface area contributed by atoms with Gasteiger partial charge in [0.15, 0.2) is 0 Å². The quantitative estimate of drug-likeness (QED) is 0.764. The molecule has 1 aromatic heterocycles. The van der Waals surface area contributed by atoms with Crippen molar-refractivity contribution in [3.8, 4) is 0 Å². The molecule has 0 aliphatic heterocycles. The largest absolute Gasteiger partial charge is 0.462 e. The minimum Gasteiger partial charge on any atom is -0.462 e. The molecule has 5 heteroatoms. The Morgan fingerprint density at radius 2 is 2.57 bits per heavy atom. The van der Waals surface area contributed by atoms with E-state index in [0.717, 1.165) is 5.01 Å². The molecule has 0 bridgehead atoms. The van der Waals surface area contributed by atoms with E-state index in [0.29, 0.717) is 18.0 Å². The predicted octanol–water partition coefficient (Wildman–Crippen LogP) is 1.29. The van der Waals surface area contributed by atoms with E-state index in [4.69, 9.17) is 10.5 Å². The third kappa shape index (κ3) is 2.93. The molecule has 0 aliphatic carbocycles. The molecule has 1 heterocycles. The van der Waals surface area contributed by atoms with E-state index in [-0.39, 0.29) is 5.97 Å². The van der Waals surface area contributed by atoms with Crippen LogP contribution in [-0.2, 0) is 4.74 Å². The molecule has 0 saturated heterocycles. The number of carbonyl (C=O) groups is 1. The maximum absolute atomic E-state index is 11.2. The summed E-state index contributed by atoms with van der Waals surface area (Å²) in [6, 6.07) is 0. The third-order valence-corrected chi connectivity index (χ3v) is 2.34. The van der Waals surface area contributed by atoms with E-state index in [1.165, 1.54) is 17.5 Å². The normalized spacial score (nSPS) is 10.7. The SMILES string of the molecule is CCOC(=O)c1cnc(C=CCN)s1. The van der Waals surface area contributed by atoms with Crippen LogP contribution in [0.4, 0.5) is 0 Å². The molecule has 0 fully saturated rings. The molecule has 14 heavy (non-hydrogen) atoms. The first-order valence-corrected chi connectivity index (χ1v) is 5.09. The first-order chi connectivity index (χ1) is 6.77. The smallest absolute Gasteiger partial charge is 0.349 e. The number of nitrogens with zero attached hydrogens (tertiary/aromatic N) is 1. The Kier molecular flexibility index (Phi) is 4.28. The summed E-state index contributed by atoms with van der Waals surface area (Å²) in [6.45, 7) is 2.62. The lowest BCUT2D eigenvalue weighted by Crippen LogP contribution is -2.01. The molecule has 0 atom stereocenters. The summed E-state index contributed by atoms with van der Waals surface area (Å²) in [7, 11) is 0. The summed E-state index contributed by atoms with van der Waals surface area (Å²) in [5.41, 5.74) is 5.29. The van der Waals surface area contributed by atoms with Crippen LogP contribution < -0.4 is 5.73 Å². The molecular weight excluding hydrogens is 200 g/mol. The van der Waals surface area contributed by atoms with E-state index in [2.05, 4.69) is 4.98 Å². The van der Waals surface area contributed by atoms with E-state index in [1.54, 1.807) is 19.1 Å². The minimum atomic E-state index is -0.322. The molecule has 0 aliphatic rings. The Bertz CT molecular complexity index is 333. The molecule has 0 amide bonds. The minimum absolute atomic E-state index is 0.322. The molecule has 0 aromatic carbocycles. The zero-order valence-corrected chi connectivity index (χ0v) is 8.71. The van der Waals surface area contributed by atoms with Crippen LogP contribution in [0.5, 0.6) is 0 Å². The summed E-state index contributed by atoms with van der Waals surface area (Å²) >= 11 is 1.29. The number of thiazole rings is 1. The Hall–Kier alpha value is -1.20. The van der Waals surface area contributed by atoms with Gasteiger partial charge in [-0.05, 0) is 13.0 Å². The van der Waals surface area contributed by atoms with Crippen molar-refractivity contribution in [2.24, 2.45) is 5.73 Å². The van der Waals surface area contributed by atoms with Crippen LogP contribution in [0.2, 0.25) is 0 Å². The zero-order valence-electron chi connectivity index (χ0n) is 7.90. The molecular formula is C9H12N2O2S. The van der Waals surface area contributed by atoms with Gasteiger partial charge in [0.1, 0.15) is 9.88 Å². The fourth-order valence-electron chi connectivity index (χ4n) is 0.830. The van der Waals surface area contributed by atoms with Gasteiger partial charge in [-0.15, -0.1) is 11.3 Å². The van der Waals surface area contributed by atoms with Crippen molar-refractivity contribution in [3.05, 3.63) is 22.2 Å². The number of ether oxygens (including phenoxy) is 1. The number of nitrogens with two attached hydrogens (primary N) is 1. The Morgan fingerprint density at radius 3 is 3.21 bits per heavy atom. The Labute approximate surface area is 86.4 Å². The summed E-state index contributed by atoms with van der Waals surface area (Å²) in [5.74, 6) is -0.322. The highest BCUT2D eigenvalue weighted by atomic mass is 32.1. The Morgan fingerprint density at radius 1 is 1.79 bits per heavy atom. The maximum atomic E-state index is 11.2. The average molecular weight is 212 g/mol. The fourth-order valence-corrected chi connectivity index (χ4v) is 1.57. The van der Waals surface area contributed by atoms with Gasteiger partial charge in [-0.3, -0.25) is 0 Å². The monoisotopic (exact) mass is 212 g/mol. The number of hydrogen-bond acceptors (Lipinski definition) is 5.